The molecule has 2 aromatic carbocycles. The van der Waals surface area contributed by atoms with Crippen molar-refractivity contribution in [2.45, 2.75) is 19.0 Å². The van der Waals surface area contributed by atoms with Crippen molar-refractivity contribution in [3.05, 3.63) is 65.2 Å². The third kappa shape index (κ3) is 5.72. The molecule has 1 amide bonds. The molecule has 0 bridgehead atoms. The highest BCUT2D eigenvalue weighted by Gasteiger charge is 2.32. The predicted octanol–water partition coefficient (Wildman–Crippen LogP) is 3.32. The first-order valence-electron chi connectivity index (χ1n) is 9.01. The first kappa shape index (κ1) is 21.2. The smallest absolute Gasteiger partial charge is 0.342 e. The summed E-state index contributed by atoms with van der Waals surface area (Å²) in [5.41, 5.74) is 1.10. The topological polar surface area (TPSA) is 66.5 Å². The average molecular weight is 426 g/mol. The van der Waals surface area contributed by atoms with Crippen LogP contribution in [0, 0.1) is 5.92 Å². The van der Waals surface area contributed by atoms with Crippen LogP contribution in [-0.4, -0.2) is 38.6 Å². The molecular formula is C20H21F3N2O3S. The molecule has 5 nitrogen and oxygen atoms in total. The van der Waals surface area contributed by atoms with Crippen LogP contribution in [0.25, 0.3) is 0 Å². The molecule has 1 aliphatic rings. The Morgan fingerprint density at radius 2 is 1.72 bits per heavy atom. The number of nitrogens with zero attached hydrogens (tertiary/aromatic N) is 1. The van der Waals surface area contributed by atoms with E-state index in [1.807, 2.05) is 0 Å². The van der Waals surface area contributed by atoms with E-state index >= 15 is 0 Å². The third-order valence-electron chi connectivity index (χ3n) is 4.77. The van der Waals surface area contributed by atoms with Crippen LogP contribution in [-0.2, 0) is 33.8 Å². The van der Waals surface area contributed by atoms with Gasteiger partial charge in [0.1, 0.15) is 0 Å². The molecule has 0 atom stereocenters. The average Bonchev–Trinajstić information content (AvgIpc) is 2.57. The lowest BCUT2D eigenvalue weighted by Gasteiger charge is -2.39. The van der Waals surface area contributed by atoms with Gasteiger partial charge in [0.2, 0.25) is 15.9 Å². The van der Waals surface area contributed by atoms with E-state index in [9.17, 15) is 26.4 Å². The van der Waals surface area contributed by atoms with Gasteiger partial charge in [-0.2, -0.15) is 13.2 Å². The molecule has 1 heterocycles. The maximum absolute atomic E-state index is 12.6. The van der Waals surface area contributed by atoms with Gasteiger partial charge < -0.3 is 4.90 Å². The highest BCUT2D eigenvalue weighted by atomic mass is 32.2. The number of halogens is 3. The summed E-state index contributed by atoms with van der Waals surface area (Å²) in [7, 11) is -3.45. The Balaban J connectivity index is 1.53. The van der Waals surface area contributed by atoms with Gasteiger partial charge in [0.15, 0.2) is 0 Å². The van der Waals surface area contributed by atoms with E-state index in [-0.39, 0.29) is 18.2 Å². The molecule has 1 aliphatic heterocycles. The van der Waals surface area contributed by atoms with Crippen LogP contribution < -0.4 is 4.72 Å². The number of para-hydroxylation sites is 1. The molecule has 9 heteroatoms. The quantitative estimate of drug-likeness (QED) is 0.771. The van der Waals surface area contributed by atoms with Crippen molar-refractivity contribution in [1.82, 2.24) is 4.90 Å². The van der Waals surface area contributed by atoms with Crippen LogP contribution in [0.2, 0.25) is 0 Å². The zero-order chi connectivity index (χ0) is 21.2. The fraction of sp³-hybridized carbons (Fsp3) is 0.350. The van der Waals surface area contributed by atoms with E-state index in [1.165, 1.54) is 12.1 Å². The van der Waals surface area contributed by atoms with Crippen molar-refractivity contribution in [2.75, 3.05) is 24.1 Å². The molecule has 0 spiro atoms. The summed E-state index contributed by atoms with van der Waals surface area (Å²) >= 11 is 0. The molecule has 0 radical (unpaired) electrons. The number of anilines is 1. The monoisotopic (exact) mass is 426 g/mol. The summed E-state index contributed by atoms with van der Waals surface area (Å²) in [5, 5.41) is 0. The first-order valence-corrected chi connectivity index (χ1v) is 10.9. The number of nitrogens with one attached hydrogen (secondary N) is 1. The van der Waals surface area contributed by atoms with Gasteiger partial charge in [-0.05, 0) is 41.7 Å². The van der Waals surface area contributed by atoms with Crippen LogP contribution in [0.5, 0.6) is 0 Å². The minimum Gasteiger partial charge on any atom is -0.342 e. The summed E-state index contributed by atoms with van der Waals surface area (Å²) in [6.07, 6.45) is -2.62. The number of benzene rings is 2. The van der Waals surface area contributed by atoms with Crippen LogP contribution in [0.1, 0.15) is 16.7 Å². The van der Waals surface area contributed by atoms with Crippen LogP contribution in [0.4, 0.5) is 18.9 Å². The van der Waals surface area contributed by atoms with Crippen LogP contribution in [0.15, 0.2) is 48.5 Å². The number of carbonyl (C=O) groups is 1. The minimum atomic E-state index is -4.35. The van der Waals surface area contributed by atoms with Crippen molar-refractivity contribution >= 4 is 21.6 Å². The lowest BCUT2D eigenvalue weighted by molar-refractivity contribution is -0.138. The maximum atomic E-state index is 12.6. The molecule has 156 valence electrons. The summed E-state index contributed by atoms with van der Waals surface area (Å²) in [6, 6.07) is 11.8. The molecule has 2 aromatic rings. The molecule has 29 heavy (non-hydrogen) atoms. The normalized spacial score (nSPS) is 15.1. The number of alkyl halides is 3. The lowest BCUT2D eigenvalue weighted by atomic mass is 9.91. The molecule has 0 aliphatic carbocycles. The Bertz CT molecular complexity index is 983. The number of amides is 1. The number of sulfonamides is 1. The Morgan fingerprint density at radius 3 is 2.31 bits per heavy atom. The maximum Gasteiger partial charge on any atom is 0.416 e. The third-order valence-corrected chi connectivity index (χ3v) is 5.36. The Morgan fingerprint density at radius 1 is 1.10 bits per heavy atom. The van der Waals surface area contributed by atoms with Crippen LogP contribution in [0.3, 0.4) is 0 Å². The molecule has 1 saturated heterocycles. The van der Waals surface area contributed by atoms with Crippen molar-refractivity contribution < 1.29 is 26.4 Å². The minimum absolute atomic E-state index is 0.0751. The van der Waals surface area contributed by atoms with E-state index in [0.717, 1.165) is 24.0 Å². The lowest BCUT2D eigenvalue weighted by Crippen LogP contribution is -2.51. The zero-order valence-corrected chi connectivity index (χ0v) is 16.6. The van der Waals surface area contributed by atoms with Crippen LogP contribution >= 0.6 is 0 Å². The van der Waals surface area contributed by atoms with E-state index in [1.54, 1.807) is 29.2 Å². The van der Waals surface area contributed by atoms with Gasteiger partial charge in [-0.1, -0.05) is 30.3 Å². The fourth-order valence-corrected chi connectivity index (χ4v) is 3.91. The van der Waals surface area contributed by atoms with Crippen molar-refractivity contribution in [3.63, 3.8) is 0 Å². The second kappa shape index (κ2) is 8.06. The second-order valence-corrected chi connectivity index (χ2v) is 9.02. The summed E-state index contributed by atoms with van der Waals surface area (Å²) < 4.78 is 63.2. The fourth-order valence-electron chi connectivity index (χ4n) is 3.31. The highest BCUT2D eigenvalue weighted by Crippen LogP contribution is 2.30. The Hall–Kier alpha value is -2.55. The van der Waals surface area contributed by atoms with Gasteiger partial charge in [0, 0.05) is 13.1 Å². The van der Waals surface area contributed by atoms with E-state index in [0.29, 0.717) is 30.8 Å². The second-order valence-electron chi connectivity index (χ2n) is 7.27. The molecular weight excluding hydrogens is 405 g/mol. The SMILES string of the molecule is CS(=O)(=O)Nc1ccccc1CC(=O)N1CC(Cc2ccc(C(F)(F)F)cc2)C1. The molecule has 3 rings (SSSR count). The predicted molar refractivity (Wildman–Crippen MR) is 104 cm³/mol. The first-order chi connectivity index (χ1) is 13.5. The van der Waals surface area contributed by atoms with Crippen molar-refractivity contribution in [1.29, 1.82) is 0 Å². The van der Waals surface area contributed by atoms with Gasteiger partial charge in [-0.25, -0.2) is 8.42 Å². The van der Waals surface area contributed by atoms with Gasteiger partial charge in [-0.3, -0.25) is 9.52 Å². The largest absolute Gasteiger partial charge is 0.416 e. The zero-order valence-electron chi connectivity index (χ0n) is 15.7. The van der Waals surface area contributed by atoms with Gasteiger partial charge in [0.05, 0.1) is 23.9 Å². The number of rotatable bonds is 6. The number of carbonyl (C=O) groups excluding carboxylic acids is 1. The molecule has 0 saturated carbocycles. The van der Waals surface area contributed by atoms with E-state index in [2.05, 4.69) is 4.72 Å². The Labute approximate surface area is 167 Å². The highest BCUT2D eigenvalue weighted by molar-refractivity contribution is 7.92. The molecule has 1 N–H and O–H groups in total. The molecule has 0 unspecified atom stereocenters. The standard InChI is InChI=1S/C20H21F3N2O3S/c1-29(27,28)24-18-5-3-2-4-16(18)11-19(26)25-12-15(13-25)10-14-6-8-17(9-7-14)20(21,22)23/h2-9,15,24H,10-13H2,1H3. The van der Waals surface area contributed by atoms with Crippen molar-refractivity contribution in [3.8, 4) is 0 Å². The van der Waals surface area contributed by atoms with Gasteiger partial charge in [-0.15, -0.1) is 0 Å². The van der Waals surface area contributed by atoms with E-state index in [4.69, 9.17) is 0 Å². The summed E-state index contributed by atoms with van der Waals surface area (Å²) in [4.78, 5) is 14.2. The molecule has 0 aromatic heterocycles. The molecule has 1 fully saturated rings. The number of hydrogen-bond acceptors (Lipinski definition) is 3. The summed E-state index contributed by atoms with van der Waals surface area (Å²) in [6.45, 7) is 1.06. The van der Waals surface area contributed by atoms with E-state index < -0.39 is 21.8 Å². The number of likely N-dealkylation sites (tertiary alicyclic amines) is 1. The number of hydrogen-bond donors (Lipinski definition) is 1. The Kier molecular flexibility index (Phi) is 5.88. The van der Waals surface area contributed by atoms with Crippen molar-refractivity contribution in [2.24, 2.45) is 5.92 Å². The van der Waals surface area contributed by atoms with Gasteiger partial charge >= 0.3 is 6.18 Å². The summed E-state index contributed by atoms with van der Waals surface area (Å²) in [5.74, 6) is 0.0801. The van der Waals surface area contributed by atoms with Gasteiger partial charge in [0.25, 0.3) is 0 Å².